The highest BCUT2D eigenvalue weighted by atomic mass is 79.9. The van der Waals surface area contributed by atoms with Crippen molar-refractivity contribution >= 4 is 15.9 Å². The first kappa shape index (κ1) is 16.1. The number of ether oxygens (including phenoxy) is 2. The van der Waals surface area contributed by atoms with Crippen LogP contribution in [-0.4, -0.2) is 20.3 Å². The molecule has 2 N–H and O–H groups in total. The highest BCUT2D eigenvalue weighted by Gasteiger charge is 2.38. The van der Waals surface area contributed by atoms with Gasteiger partial charge >= 0.3 is 0 Å². The molecule has 3 nitrogen and oxygen atoms in total. The van der Waals surface area contributed by atoms with Gasteiger partial charge in [-0.15, -0.1) is 0 Å². The molecule has 0 aromatic heterocycles. The smallest absolute Gasteiger partial charge is 0.166 e. The summed E-state index contributed by atoms with van der Waals surface area (Å²) in [7, 11) is 1.72. The van der Waals surface area contributed by atoms with Crippen molar-refractivity contribution in [3.05, 3.63) is 22.2 Å². The van der Waals surface area contributed by atoms with Crippen LogP contribution < -0.4 is 15.2 Å². The quantitative estimate of drug-likeness (QED) is 0.809. The monoisotopic (exact) mass is 367 g/mol. The summed E-state index contributed by atoms with van der Waals surface area (Å²) in [6.07, 6.45) is 8.62. The Labute approximate surface area is 141 Å². The molecule has 3 rings (SSSR count). The molecule has 22 heavy (non-hydrogen) atoms. The van der Waals surface area contributed by atoms with Crippen LogP contribution in [0.25, 0.3) is 0 Å². The van der Waals surface area contributed by atoms with E-state index in [0.29, 0.717) is 6.54 Å². The summed E-state index contributed by atoms with van der Waals surface area (Å²) < 4.78 is 12.9. The van der Waals surface area contributed by atoms with Crippen LogP contribution in [-0.2, 0) is 5.41 Å². The topological polar surface area (TPSA) is 44.5 Å². The molecule has 0 unspecified atom stereocenters. The maximum Gasteiger partial charge on any atom is 0.166 e. The minimum Gasteiger partial charge on any atom is -0.493 e. The minimum absolute atomic E-state index is 0.0184. The lowest BCUT2D eigenvalue weighted by Gasteiger charge is -2.38. The van der Waals surface area contributed by atoms with E-state index >= 15 is 0 Å². The van der Waals surface area contributed by atoms with Crippen molar-refractivity contribution in [2.45, 2.75) is 50.4 Å². The molecule has 0 spiro atoms. The third-order valence-electron chi connectivity index (χ3n) is 5.18. The summed E-state index contributed by atoms with van der Waals surface area (Å²) in [5, 5.41) is 0. The number of hydrogen-bond donors (Lipinski definition) is 1. The van der Waals surface area contributed by atoms with Crippen molar-refractivity contribution in [2.75, 3.05) is 20.3 Å². The van der Waals surface area contributed by atoms with Crippen LogP contribution in [0.1, 0.15) is 50.5 Å². The minimum atomic E-state index is 0.0184. The van der Waals surface area contributed by atoms with E-state index in [4.69, 9.17) is 15.2 Å². The lowest BCUT2D eigenvalue weighted by Crippen LogP contribution is -2.38. The molecule has 1 aromatic carbocycles. The number of rotatable bonds is 6. The molecular weight excluding hydrogens is 342 g/mol. The molecule has 1 aromatic rings. The van der Waals surface area contributed by atoms with Crippen molar-refractivity contribution in [2.24, 2.45) is 11.7 Å². The summed E-state index contributed by atoms with van der Waals surface area (Å²) in [5.41, 5.74) is 7.50. The number of benzene rings is 1. The number of nitrogens with two attached hydrogens (primary N) is 1. The fraction of sp³-hybridized carbons (Fsp3) is 0.667. The van der Waals surface area contributed by atoms with Crippen molar-refractivity contribution in [3.8, 4) is 11.5 Å². The van der Waals surface area contributed by atoms with Crippen molar-refractivity contribution in [1.29, 1.82) is 0 Å². The van der Waals surface area contributed by atoms with Gasteiger partial charge < -0.3 is 15.2 Å². The van der Waals surface area contributed by atoms with E-state index in [9.17, 15) is 0 Å². The van der Waals surface area contributed by atoms with Gasteiger partial charge in [-0.3, -0.25) is 0 Å². The Morgan fingerprint density at radius 3 is 2.55 bits per heavy atom. The Morgan fingerprint density at radius 1 is 1.23 bits per heavy atom. The third-order valence-corrected chi connectivity index (χ3v) is 5.84. The number of hydrogen-bond acceptors (Lipinski definition) is 3. The van der Waals surface area contributed by atoms with Crippen LogP contribution in [0, 0.1) is 5.92 Å². The van der Waals surface area contributed by atoms with E-state index in [1.54, 1.807) is 7.11 Å². The number of methoxy groups -OCH3 is 1. The zero-order valence-corrected chi connectivity index (χ0v) is 15.0. The van der Waals surface area contributed by atoms with Gasteiger partial charge in [0.25, 0.3) is 0 Å². The predicted octanol–water partition coefficient (Wildman–Crippen LogP) is 4.41. The SMILES string of the molecule is COc1ccc(Br)c(C2(CN)CCCCC2)c1OCC1CC1. The Balaban J connectivity index is 2.02. The average molecular weight is 368 g/mol. The first-order valence-electron chi connectivity index (χ1n) is 8.40. The van der Waals surface area contributed by atoms with Crippen LogP contribution >= 0.6 is 15.9 Å². The van der Waals surface area contributed by atoms with E-state index in [0.717, 1.165) is 41.3 Å². The van der Waals surface area contributed by atoms with Crippen LogP contribution in [0.4, 0.5) is 0 Å². The average Bonchev–Trinajstić information content (AvgIpc) is 3.38. The van der Waals surface area contributed by atoms with Gasteiger partial charge in [-0.2, -0.15) is 0 Å². The fourth-order valence-corrected chi connectivity index (χ4v) is 4.34. The molecule has 0 aliphatic heterocycles. The largest absolute Gasteiger partial charge is 0.493 e. The maximum atomic E-state index is 6.25. The predicted molar refractivity (Wildman–Crippen MR) is 92.7 cm³/mol. The van der Waals surface area contributed by atoms with Gasteiger partial charge in [0, 0.05) is 22.0 Å². The first-order valence-corrected chi connectivity index (χ1v) is 9.19. The molecule has 0 saturated heterocycles. The molecule has 0 radical (unpaired) electrons. The molecule has 0 amide bonds. The summed E-state index contributed by atoms with van der Waals surface area (Å²) >= 11 is 3.75. The molecule has 122 valence electrons. The van der Waals surface area contributed by atoms with Crippen molar-refractivity contribution in [3.63, 3.8) is 0 Å². The van der Waals surface area contributed by atoms with Gasteiger partial charge in [0.2, 0.25) is 0 Å². The Bertz CT molecular complexity index is 522. The Morgan fingerprint density at radius 2 is 1.95 bits per heavy atom. The second kappa shape index (κ2) is 6.79. The van der Waals surface area contributed by atoms with Gasteiger partial charge in [0.05, 0.1) is 13.7 Å². The Hall–Kier alpha value is -0.740. The zero-order chi connectivity index (χ0) is 15.6. The van der Waals surface area contributed by atoms with E-state index in [1.807, 2.05) is 6.07 Å². The van der Waals surface area contributed by atoms with Crippen LogP contribution in [0.2, 0.25) is 0 Å². The third kappa shape index (κ3) is 3.13. The van der Waals surface area contributed by atoms with Gasteiger partial charge in [0.1, 0.15) is 0 Å². The van der Waals surface area contributed by atoms with Crippen LogP contribution in [0.3, 0.4) is 0 Å². The molecule has 2 aliphatic carbocycles. The van der Waals surface area contributed by atoms with Gasteiger partial charge in [-0.05, 0) is 43.7 Å². The van der Waals surface area contributed by atoms with Gasteiger partial charge in [0.15, 0.2) is 11.5 Å². The normalized spacial score (nSPS) is 20.7. The molecule has 2 aliphatic rings. The van der Waals surface area contributed by atoms with E-state index in [1.165, 1.54) is 37.7 Å². The van der Waals surface area contributed by atoms with E-state index < -0.39 is 0 Å². The Kier molecular flexibility index (Phi) is 4.98. The summed E-state index contributed by atoms with van der Waals surface area (Å²) in [6.45, 7) is 1.46. The number of halogens is 1. The first-order chi connectivity index (χ1) is 10.7. The van der Waals surface area contributed by atoms with E-state index in [-0.39, 0.29) is 5.41 Å². The molecular formula is C18H26BrNO2. The van der Waals surface area contributed by atoms with Crippen molar-refractivity contribution < 1.29 is 9.47 Å². The van der Waals surface area contributed by atoms with Crippen LogP contribution in [0.5, 0.6) is 11.5 Å². The zero-order valence-electron chi connectivity index (χ0n) is 13.4. The molecule has 0 heterocycles. The highest BCUT2D eigenvalue weighted by Crippen LogP contribution is 2.49. The lowest BCUT2D eigenvalue weighted by atomic mass is 9.69. The highest BCUT2D eigenvalue weighted by molar-refractivity contribution is 9.10. The summed E-state index contributed by atoms with van der Waals surface area (Å²) in [4.78, 5) is 0. The van der Waals surface area contributed by atoms with Crippen LogP contribution in [0.15, 0.2) is 16.6 Å². The molecule has 2 fully saturated rings. The second-order valence-corrected chi connectivity index (χ2v) is 7.61. The van der Waals surface area contributed by atoms with Gasteiger partial charge in [-0.1, -0.05) is 35.2 Å². The van der Waals surface area contributed by atoms with Crippen molar-refractivity contribution in [1.82, 2.24) is 0 Å². The maximum absolute atomic E-state index is 6.25. The molecule has 0 bridgehead atoms. The second-order valence-electron chi connectivity index (χ2n) is 6.75. The molecule has 4 heteroatoms. The lowest BCUT2D eigenvalue weighted by molar-refractivity contribution is 0.250. The van der Waals surface area contributed by atoms with Gasteiger partial charge in [-0.25, -0.2) is 0 Å². The fourth-order valence-electron chi connectivity index (χ4n) is 3.61. The van der Waals surface area contributed by atoms with E-state index in [2.05, 4.69) is 22.0 Å². The standard InChI is InChI=1S/C18H26BrNO2/c1-21-15-8-7-14(19)16(17(15)22-11-13-5-6-13)18(12-20)9-3-2-4-10-18/h7-8,13H,2-6,9-12,20H2,1H3. The molecule has 2 saturated carbocycles. The summed E-state index contributed by atoms with van der Waals surface area (Å²) in [5.74, 6) is 2.46. The molecule has 0 atom stereocenters. The summed E-state index contributed by atoms with van der Waals surface area (Å²) in [6, 6.07) is 4.06.